The molecule has 0 saturated heterocycles. The second kappa shape index (κ2) is 14.3. The first kappa shape index (κ1) is 40.5. The second-order valence-corrected chi connectivity index (χ2v) is 15.5. The number of benzene rings is 1. The largest absolute Gasteiger partial charge is 0.469 e. The standard InChI is InChI=1S/C43H41F6N5O4/c1-18(2)35-22(6)31-15-30-21(5)27(9-10-34(55)58-8)38(52-30)37-39-36(23(7)32(53-39)14-28-19(3)20(4)29(50-28)16-33(35)51-31)40(56)54(41(37)57)17-24-11-25(42(44,45)46)13-26(12-24)43(47,48)49/h11-16,18,21,27,51,53H,9-10,17H2,1-8H3/t21-,27-/m0/s1. The molecule has 3 aliphatic rings. The van der Waals surface area contributed by atoms with E-state index in [2.05, 4.69) is 23.8 Å². The molecule has 3 aliphatic heterocycles. The third-order valence-electron chi connectivity index (χ3n) is 11.6. The number of nitrogens with one attached hydrogen (secondary N) is 2. The predicted molar refractivity (Wildman–Crippen MR) is 206 cm³/mol. The SMILES string of the molecule is COC(=O)CC[C@@H]1c2nc(cc3[nH]c(cc4nc(cc5[nH]c6c2C(=O)N(Cc2cc(C(F)(F)F)cc(C(F)(F)F)c2)C(=O)c6c5C)C(C)=C4C)c(C(C)C)c3C)[C@H]1C. The van der Waals surface area contributed by atoms with Gasteiger partial charge in [0.1, 0.15) is 0 Å². The molecular formula is C43H41F6N5O4. The normalized spacial score (nSPS) is 17.2. The van der Waals surface area contributed by atoms with Gasteiger partial charge in [0, 0.05) is 40.5 Å². The van der Waals surface area contributed by atoms with Gasteiger partial charge in [-0.1, -0.05) is 20.8 Å². The summed E-state index contributed by atoms with van der Waals surface area (Å²) in [6, 6.07) is 6.63. The number of H-pyrrole nitrogens is 2. The quantitative estimate of drug-likeness (QED) is 0.114. The van der Waals surface area contributed by atoms with Gasteiger partial charge >= 0.3 is 18.3 Å². The Bertz CT molecular complexity index is 2600. The number of carbonyl (C=O) groups excluding carboxylic acids is 3. The number of carbonyl (C=O) groups is 3. The topological polar surface area (TPSA) is 121 Å². The van der Waals surface area contributed by atoms with E-state index >= 15 is 0 Å². The van der Waals surface area contributed by atoms with E-state index in [1.807, 2.05) is 39.8 Å². The number of methoxy groups -OCH3 is 1. The highest BCUT2D eigenvalue weighted by Crippen LogP contribution is 2.45. The molecule has 1 aromatic carbocycles. The number of aryl methyl sites for hydroxylation is 2. The first-order valence-corrected chi connectivity index (χ1v) is 18.8. The Labute approximate surface area is 329 Å². The van der Waals surface area contributed by atoms with Crippen molar-refractivity contribution in [3.05, 3.63) is 104 Å². The number of rotatable bonds is 6. The Balaban J connectivity index is 1.57. The number of esters is 1. The maximum absolute atomic E-state index is 14.9. The number of hydrogen-bond acceptors (Lipinski definition) is 6. The van der Waals surface area contributed by atoms with E-state index in [0.717, 1.165) is 33.3 Å². The second-order valence-electron chi connectivity index (χ2n) is 15.5. The van der Waals surface area contributed by atoms with E-state index in [1.54, 1.807) is 13.0 Å². The van der Waals surface area contributed by atoms with Crippen LogP contribution < -0.4 is 0 Å². The summed E-state index contributed by atoms with van der Waals surface area (Å²) >= 11 is 0. The summed E-state index contributed by atoms with van der Waals surface area (Å²) in [4.78, 5) is 59.3. The van der Waals surface area contributed by atoms with Crippen molar-refractivity contribution >= 4 is 51.0 Å². The van der Waals surface area contributed by atoms with Gasteiger partial charge in [-0.2, -0.15) is 26.3 Å². The number of imide groups is 1. The van der Waals surface area contributed by atoms with Crippen LogP contribution in [0.4, 0.5) is 26.3 Å². The Kier molecular flexibility index (Phi) is 9.96. The van der Waals surface area contributed by atoms with Crippen LogP contribution in [0.25, 0.3) is 33.2 Å². The molecule has 2 amide bonds. The fraction of sp³-hybridized carbons (Fsp3) is 0.372. The van der Waals surface area contributed by atoms with E-state index in [-0.39, 0.29) is 47.2 Å². The van der Waals surface area contributed by atoms with Gasteiger partial charge in [-0.05, 0) is 110 Å². The molecule has 15 heteroatoms. The van der Waals surface area contributed by atoms with Gasteiger partial charge in [-0.15, -0.1) is 0 Å². The highest BCUT2D eigenvalue weighted by molar-refractivity contribution is 6.23. The number of aromatic amines is 2. The smallest absolute Gasteiger partial charge is 0.416 e. The summed E-state index contributed by atoms with van der Waals surface area (Å²) < 4.78 is 88.5. The lowest BCUT2D eigenvalue weighted by Gasteiger charge is -2.27. The lowest BCUT2D eigenvalue weighted by Crippen LogP contribution is -2.40. The van der Waals surface area contributed by atoms with Crippen molar-refractivity contribution in [2.45, 2.75) is 98.0 Å². The zero-order valence-corrected chi connectivity index (χ0v) is 33.1. The third-order valence-corrected chi connectivity index (χ3v) is 11.6. The third kappa shape index (κ3) is 6.87. The molecule has 0 fully saturated rings. The van der Waals surface area contributed by atoms with Crippen molar-refractivity contribution < 1.29 is 45.5 Å². The number of aromatic nitrogens is 4. The van der Waals surface area contributed by atoms with Gasteiger partial charge in [0.15, 0.2) is 0 Å². The van der Waals surface area contributed by atoms with Crippen molar-refractivity contribution in [3.63, 3.8) is 0 Å². The molecule has 0 aliphatic carbocycles. The zero-order valence-electron chi connectivity index (χ0n) is 33.1. The summed E-state index contributed by atoms with van der Waals surface area (Å²) in [5.74, 6) is -3.27. The highest BCUT2D eigenvalue weighted by Gasteiger charge is 2.42. The molecule has 9 nitrogen and oxygen atoms in total. The molecule has 58 heavy (non-hydrogen) atoms. The number of halogens is 6. The minimum atomic E-state index is -5.15. The molecule has 6 heterocycles. The molecule has 0 radical (unpaired) electrons. The fourth-order valence-corrected chi connectivity index (χ4v) is 8.33. The highest BCUT2D eigenvalue weighted by atomic mass is 19.4. The predicted octanol–water partition coefficient (Wildman–Crippen LogP) is 10.7. The first-order valence-electron chi connectivity index (χ1n) is 18.8. The summed E-state index contributed by atoms with van der Waals surface area (Å²) in [7, 11) is 1.25. The van der Waals surface area contributed by atoms with E-state index < -0.39 is 65.2 Å². The van der Waals surface area contributed by atoms with E-state index in [1.165, 1.54) is 7.11 Å². The minimum absolute atomic E-state index is 0.00594. The van der Waals surface area contributed by atoms with Gasteiger partial charge in [0.25, 0.3) is 11.8 Å². The minimum Gasteiger partial charge on any atom is -0.469 e. The number of allylic oxidation sites excluding steroid dienone is 2. The van der Waals surface area contributed by atoms with Gasteiger partial charge in [0.05, 0.1) is 58.5 Å². The lowest BCUT2D eigenvalue weighted by molar-refractivity contribution is -0.143. The van der Waals surface area contributed by atoms with E-state index in [9.17, 15) is 40.7 Å². The van der Waals surface area contributed by atoms with Crippen LogP contribution in [0.3, 0.4) is 0 Å². The Hall–Kier alpha value is -5.73. The number of amides is 2. The van der Waals surface area contributed by atoms with E-state index in [4.69, 9.17) is 14.7 Å². The lowest BCUT2D eigenvalue weighted by atomic mass is 9.84. The molecule has 2 N–H and O–H groups in total. The van der Waals surface area contributed by atoms with E-state index in [0.29, 0.717) is 45.2 Å². The molecule has 0 unspecified atom stereocenters. The van der Waals surface area contributed by atoms with Crippen molar-refractivity contribution in [1.29, 1.82) is 0 Å². The first-order chi connectivity index (χ1) is 27.1. The van der Waals surface area contributed by atoms with Crippen molar-refractivity contribution in [2.75, 3.05) is 7.11 Å². The van der Waals surface area contributed by atoms with Gasteiger partial charge in [0.2, 0.25) is 0 Å². The molecule has 0 spiro atoms. The number of ether oxygens (including phenoxy) is 1. The average molecular weight is 806 g/mol. The molecule has 3 aromatic heterocycles. The monoisotopic (exact) mass is 805 g/mol. The maximum atomic E-state index is 14.9. The summed E-state index contributed by atoms with van der Waals surface area (Å²) in [6.45, 7) is 12.7. The van der Waals surface area contributed by atoms with Crippen LogP contribution in [-0.4, -0.2) is 49.7 Å². The van der Waals surface area contributed by atoms with Crippen LogP contribution in [0.2, 0.25) is 0 Å². The Morgan fingerprint density at radius 2 is 1.36 bits per heavy atom. The fourth-order valence-electron chi connectivity index (χ4n) is 8.33. The number of nitrogens with zero attached hydrogens (tertiary/aromatic N) is 3. The van der Waals surface area contributed by atoms with Gasteiger partial charge < -0.3 is 14.7 Å². The number of hydrogen-bond donors (Lipinski definition) is 2. The van der Waals surface area contributed by atoms with Crippen molar-refractivity contribution in [2.24, 2.45) is 0 Å². The summed E-state index contributed by atoms with van der Waals surface area (Å²) in [5, 5.41) is 0. The molecule has 7 rings (SSSR count). The maximum Gasteiger partial charge on any atom is 0.416 e. The van der Waals surface area contributed by atoms with Crippen LogP contribution >= 0.6 is 0 Å². The average Bonchev–Trinajstić information content (AvgIpc) is 3.82. The molecule has 304 valence electrons. The van der Waals surface area contributed by atoms with Crippen LogP contribution in [0.1, 0.15) is 142 Å². The number of alkyl halides is 6. The van der Waals surface area contributed by atoms with Crippen LogP contribution in [0.15, 0.2) is 36.4 Å². The van der Waals surface area contributed by atoms with Crippen LogP contribution in [0.5, 0.6) is 0 Å². The molecule has 2 atom stereocenters. The van der Waals surface area contributed by atoms with Crippen molar-refractivity contribution in [1.82, 2.24) is 24.8 Å². The molecule has 8 bridgehead atoms. The van der Waals surface area contributed by atoms with Gasteiger partial charge in [-0.3, -0.25) is 24.3 Å². The summed E-state index contributed by atoms with van der Waals surface area (Å²) in [5.41, 5.74) is 4.62. The Morgan fingerprint density at radius 1 is 0.793 bits per heavy atom. The summed E-state index contributed by atoms with van der Waals surface area (Å²) in [6.07, 6.45) is -10.2. The van der Waals surface area contributed by atoms with Crippen molar-refractivity contribution in [3.8, 4) is 0 Å². The molecular weight excluding hydrogens is 764 g/mol. The van der Waals surface area contributed by atoms with Gasteiger partial charge in [-0.25, -0.2) is 4.98 Å². The molecule has 0 saturated carbocycles. The zero-order chi connectivity index (χ0) is 42.3. The molecule has 4 aromatic rings. The van der Waals surface area contributed by atoms with Crippen LogP contribution in [0, 0.1) is 13.8 Å². The number of fused-ring (bicyclic) bond motifs is 8. The Morgan fingerprint density at radius 3 is 1.93 bits per heavy atom. The van der Waals surface area contributed by atoms with Crippen LogP contribution in [-0.2, 0) is 28.4 Å².